The van der Waals surface area contributed by atoms with Crippen molar-refractivity contribution in [1.82, 2.24) is 14.8 Å². The lowest BCUT2D eigenvalue weighted by Gasteiger charge is -1.99. The van der Waals surface area contributed by atoms with Gasteiger partial charge in [0.25, 0.3) is 0 Å². The minimum atomic E-state index is -0.526. The van der Waals surface area contributed by atoms with Crippen molar-refractivity contribution < 1.29 is 9.90 Å². The molecule has 0 unspecified atom stereocenters. The summed E-state index contributed by atoms with van der Waals surface area (Å²) in [7, 11) is 0. The molecule has 66 valence electrons. The summed E-state index contributed by atoms with van der Waals surface area (Å²) in [5.41, 5.74) is 4.95. The maximum atomic E-state index is 10.5. The van der Waals surface area contributed by atoms with Gasteiger partial charge in [-0.25, -0.2) is 0 Å². The van der Waals surface area contributed by atoms with Crippen LogP contribution in [-0.4, -0.2) is 25.8 Å². The minimum absolute atomic E-state index is 0.0643. The molecule has 0 atom stereocenters. The Labute approximate surface area is 73.0 Å². The number of aromatic amines is 1. The highest BCUT2D eigenvalue weighted by Gasteiger charge is 2.06. The zero-order valence-corrected chi connectivity index (χ0v) is 6.97. The standard InChI is InChI=1S/C5H8N4O2S/c6-3(11)1-9-4(2-10)7-8-5(9)12/h10H,1-2H2,(H2,6,11)(H,8,12). The summed E-state index contributed by atoms with van der Waals surface area (Å²) < 4.78 is 1.62. The maximum absolute atomic E-state index is 10.5. The molecule has 0 radical (unpaired) electrons. The van der Waals surface area contributed by atoms with Crippen molar-refractivity contribution >= 4 is 18.1 Å². The smallest absolute Gasteiger partial charge is 0.237 e. The summed E-state index contributed by atoms with van der Waals surface area (Å²) >= 11 is 4.78. The Bertz CT molecular complexity index is 341. The Hall–Kier alpha value is -1.21. The molecule has 0 aliphatic heterocycles. The van der Waals surface area contributed by atoms with E-state index in [1.165, 1.54) is 4.57 Å². The van der Waals surface area contributed by atoms with Gasteiger partial charge in [0, 0.05) is 0 Å². The molecule has 1 heterocycles. The van der Waals surface area contributed by atoms with Gasteiger partial charge in [-0.05, 0) is 12.2 Å². The van der Waals surface area contributed by atoms with Crippen LogP contribution in [-0.2, 0) is 17.9 Å². The van der Waals surface area contributed by atoms with Crippen LogP contribution in [0.25, 0.3) is 0 Å². The number of carbonyl (C=O) groups is 1. The fraction of sp³-hybridized carbons (Fsp3) is 0.400. The molecule has 0 aliphatic rings. The van der Waals surface area contributed by atoms with Crippen LogP contribution in [0, 0.1) is 4.77 Å². The average Bonchev–Trinajstić information content (AvgIpc) is 2.32. The molecule has 0 aromatic carbocycles. The average molecular weight is 188 g/mol. The molecule has 1 aromatic heterocycles. The van der Waals surface area contributed by atoms with Crippen molar-refractivity contribution in [3.8, 4) is 0 Å². The van der Waals surface area contributed by atoms with E-state index in [1.54, 1.807) is 0 Å². The van der Waals surface area contributed by atoms with Crippen LogP contribution in [0.3, 0.4) is 0 Å². The Morgan fingerprint density at radius 3 is 3.00 bits per heavy atom. The van der Waals surface area contributed by atoms with Crippen molar-refractivity contribution in [3.63, 3.8) is 0 Å². The van der Waals surface area contributed by atoms with Crippen LogP contribution < -0.4 is 5.73 Å². The molecule has 0 bridgehead atoms. The van der Waals surface area contributed by atoms with Crippen LogP contribution in [0.1, 0.15) is 5.82 Å². The van der Waals surface area contributed by atoms with Gasteiger partial charge in [0.2, 0.25) is 5.91 Å². The number of hydrogen-bond donors (Lipinski definition) is 3. The van der Waals surface area contributed by atoms with Crippen molar-refractivity contribution in [1.29, 1.82) is 0 Å². The lowest BCUT2D eigenvalue weighted by atomic mass is 10.5. The van der Waals surface area contributed by atoms with Gasteiger partial charge in [0.15, 0.2) is 10.6 Å². The number of aliphatic hydroxyl groups is 1. The second-order valence-electron chi connectivity index (χ2n) is 2.16. The fourth-order valence-corrected chi connectivity index (χ4v) is 1.01. The van der Waals surface area contributed by atoms with Gasteiger partial charge in [-0.15, -0.1) is 0 Å². The molecule has 0 fully saturated rings. The Kier molecular flexibility index (Phi) is 2.56. The molecule has 0 saturated heterocycles. The zero-order chi connectivity index (χ0) is 9.14. The van der Waals surface area contributed by atoms with Crippen molar-refractivity contribution in [2.45, 2.75) is 13.2 Å². The topological polar surface area (TPSA) is 96.9 Å². The summed E-state index contributed by atoms with van der Waals surface area (Å²) in [4.78, 5) is 10.5. The molecule has 6 nitrogen and oxygen atoms in total. The Morgan fingerprint density at radius 2 is 2.50 bits per heavy atom. The van der Waals surface area contributed by atoms with E-state index in [9.17, 15) is 4.79 Å². The summed E-state index contributed by atoms with van der Waals surface area (Å²) in [6, 6.07) is 0. The lowest BCUT2D eigenvalue weighted by Crippen LogP contribution is -2.20. The second-order valence-corrected chi connectivity index (χ2v) is 2.54. The van der Waals surface area contributed by atoms with Crippen LogP contribution in [0.2, 0.25) is 0 Å². The highest BCUT2D eigenvalue weighted by Crippen LogP contribution is 1.96. The van der Waals surface area contributed by atoms with Crippen LogP contribution in [0.15, 0.2) is 0 Å². The van der Waals surface area contributed by atoms with E-state index in [-0.39, 0.29) is 17.9 Å². The number of nitrogens with zero attached hydrogens (tertiary/aromatic N) is 2. The van der Waals surface area contributed by atoms with Crippen molar-refractivity contribution in [2.75, 3.05) is 0 Å². The number of hydrogen-bond acceptors (Lipinski definition) is 4. The van der Waals surface area contributed by atoms with Gasteiger partial charge in [0.1, 0.15) is 13.2 Å². The quantitative estimate of drug-likeness (QED) is 0.525. The lowest BCUT2D eigenvalue weighted by molar-refractivity contribution is -0.118. The first-order chi connectivity index (χ1) is 5.65. The maximum Gasteiger partial charge on any atom is 0.237 e. The molecule has 12 heavy (non-hydrogen) atoms. The third-order valence-corrected chi connectivity index (χ3v) is 1.60. The molecule has 1 amide bonds. The molecule has 0 saturated carbocycles. The minimum Gasteiger partial charge on any atom is -0.388 e. The summed E-state index contributed by atoms with van der Waals surface area (Å²) in [6.07, 6.45) is 0. The number of aromatic nitrogens is 3. The number of nitrogens with one attached hydrogen (secondary N) is 1. The second kappa shape index (κ2) is 3.46. The first kappa shape index (κ1) is 8.88. The summed E-state index contributed by atoms with van der Waals surface area (Å²) in [5.74, 6) is -0.221. The molecule has 1 aromatic rings. The highest BCUT2D eigenvalue weighted by atomic mass is 32.1. The fourth-order valence-electron chi connectivity index (χ4n) is 0.790. The van der Waals surface area contributed by atoms with E-state index in [2.05, 4.69) is 10.2 Å². The molecular weight excluding hydrogens is 180 g/mol. The van der Waals surface area contributed by atoms with E-state index < -0.39 is 5.91 Å². The highest BCUT2D eigenvalue weighted by molar-refractivity contribution is 7.71. The van der Waals surface area contributed by atoms with Crippen LogP contribution in [0.4, 0.5) is 0 Å². The number of carbonyl (C=O) groups excluding carboxylic acids is 1. The van der Waals surface area contributed by atoms with E-state index in [0.717, 1.165) is 0 Å². The molecule has 0 spiro atoms. The number of aliphatic hydroxyl groups excluding tert-OH is 1. The van der Waals surface area contributed by atoms with Gasteiger partial charge in [-0.2, -0.15) is 5.10 Å². The number of H-pyrrole nitrogens is 1. The Morgan fingerprint density at radius 1 is 1.83 bits per heavy atom. The molecule has 0 aliphatic carbocycles. The SMILES string of the molecule is NC(=O)Cn1c(CO)n[nH]c1=S. The number of rotatable bonds is 3. The monoisotopic (exact) mass is 188 g/mol. The van der Waals surface area contributed by atoms with Gasteiger partial charge < -0.3 is 10.8 Å². The van der Waals surface area contributed by atoms with E-state index in [1.807, 2.05) is 0 Å². The number of nitrogens with two attached hydrogens (primary N) is 1. The van der Waals surface area contributed by atoms with Gasteiger partial charge in [0.05, 0.1) is 0 Å². The zero-order valence-electron chi connectivity index (χ0n) is 6.15. The largest absolute Gasteiger partial charge is 0.388 e. The van der Waals surface area contributed by atoms with E-state index in [4.69, 9.17) is 23.1 Å². The first-order valence-electron chi connectivity index (χ1n) is 3.18. The Balaban J connectivity index is 3.02. The summed E-state index contributed by atoms with van der Waals surface area (Å²) in [5, 5.41) is 14.9. The van der Waals surface area contributed by atoms with Crippen LogP contribution >= 0.6 is 12.2 Å². The normalized spacial score (nSPS) is 10.1. The number of amides is 1. The number of primary amides is 1. The van der Waals surface area contributed by atoms with Crippen LogP contribution in [0.5, 0.6) is 0 Å². The van der Waals surface area contributed by atoms with E-state index >= 15 is 0 Å². The third kappa shape index (κ3) is 1.69. The van der Waals surface area contributed by atoms with E-state index in [0.29, 0.717) is 5.82 Å². The van der Waals surface area contributed by atoms with Gasteiger partial charge >= 0.3 is 0 Å². The third-order valence-electron chi connectivity index (χ3n) is 1.29. The first-order valence-corrected chi connectivity index (χ1v) is 3.59. The van der Waals surface area contributed by atoms with Gasteiger partial charge in [-0.1, -0.05) is 0 Å². The molecule has 7 heteroatoms. The molecular formula is C5H8N4O2S. The van der Waals surface area contributed by atoms with Gasteiger partial charge in [-0.3, -0.25) is 14.5 Å². The molecule has 1 rings (SSSR count). The van der Waals surface area contributed by atoms with Crippen molar-refractivity contribution in [2.24, 2.45) is 5.73 Å². The van der Waals surface area contributed by atoms with Crippen molar-refractivity contribution in [3.05, 3.63) is 10.6 Å². The predicted molar refractivity (Wildman–Crippen MR) is 42.5 cm³/mol. The predicted octanol–water partition coefficient (Wildman–Crippen LogP) is -1.08. The summed E-state index contributed by atoms with van der Waals surface area (Å²) in [6.45, 7) is -0.342. The molecule has 4 N–H and O–H groups in total.